The molecule has 0 atom stereocenters. The largest absolute Gasteiger partial charge is 0.478 e. The van der Waals surface area contributed by atoms with Gasteiger partial charge < -0.3 is 10.1 Å². The van der Waals surface area contributed by atoms with Crippen molar-refractivity contribution < 1.29 is 9.90 Å². The molecule has 15 heavy (non-hydrogen) atoms. The van der Waals surface area contributed by atoms with Crippen molar-refractivity contribution in [3.8, 4) is 0 Å². The molecule has 0 spiro atoms. The molecular weight excluding hydrogens is 258 g/mol. The van der Waals surface area contributed by atoms with Gasteiger partial charge >= 0.3 is 5.97 Å². The maximum atomic E-state index is 10.4. The summed E-state index contributed by atoms with van der Waals surface area (Å²) in [5.74, 6) is -0.948. The molecule has 3 nitrogen and oxygen atoms in total. The molecule has 2 aromatic rings. The normalized spacial score (nSPS) is 11.3. The second kappa shape index (κ2) is 3.90. The SMILES string of the molecule is O=C(O)C=Cc1c[nH]c2cccc(Br)c12. The first-order chi connectivity index (χ1) is 7.18. The molecule has 0 unspecified atom stereocenters. The van der Waals surface area contributed by atoms with E-state index in [9.17, 15) is 4.79 Å². The van der Waals surface area contributed by atoms with Crippen molar-refractivity contribution in [3.05, 3.63) is 40.5 Å². The number of rotatable bonds is 2. The van der Waals surface area contributed by atoms with Gasteiger partial charge in [0.15, 0.2) is 0 Å². The highest BCUT2D eigenvalue weighted by Gasteiger charge is 2.04. The Morgan fingerprint density at radius 1 is 1.47 bits per heavy atom. The molecule has 2 N–H and O–H groups in total. The predicted octanol–water partition coefficient (Wildman–Crippen LogP) is 3.03. The fourth-order valence-electron chi connectivity index (χ4n) is 1.46. The summed E-state index contributed by atoms with van der Waals surface area (Å²) in [5.41, 5.74) is 1.84. The first kappa shape index (κ1) is 9.98. The van der Waals surface area contributed by atoms with Crippen molar-refractivity contribution in [2.24, 2.45) is 0 Å². The Morgan fingerprint density at radius 3 is 3.00 bits per heavy atom. The molecule has 0 aliphatic rings. The zero-order chi connectivity index (χ0) is 10.8. The van der Waals surface area contributed by atoms with Crippen molar-refractivity contribution in [3.63, 3.8) is 0 Å². The van der Waals surface area contributed by atoms with Crippen LogP contribution in [-0.2, 0) is 4.79 Å². The average molecular weight is 266 g/mol. The summed E-state index contributed by atoms with van der Waals surface area (Å²) in [5, 5.41) is 9.54. The van der Waals surface area contributed by atoms with E-state index in [-0.39, 0.29) is 0 Å². The van der Waals surface area contributed by atoms with E-state index in [0.29, 0.717) is 0 Å². The molecule has 0 bridgehead atoms. The highest BCUT2D eigenvalue weighted by molar-refractivity contribution is 9.10. The minimum atomic E-state index is -0.948. The zero-order valence-corrected chi connectivity index (χ0v) is 9.28. The number of fused-ring (bicyclic) bond motifs is 1. The van der Waals surface area contributed by atoms with Gasteiger partial charge in [0.05, 0.1) is 0 Å². The zero-order valence-electron chi connectivity index (χ0n) is 7.70. The van der Waals surface area contributed by atoms with Gasteiger partial charge in [-0.15, -0.1) is 0 Å². The highest BCUT2D eigenvalue weighted by Crippen LogP contribution is 2.27. The van der Waals surface area contributed by atoms with Gasteiger partial charge in [-0.2, -0.15) is 0 Å². The summed E-state index contributed by atoms with van der Waals surface area (Å²) in [6.45, 7) is 0. The number of aromatic amines is 1. The van der Waals surface area contributed by atoms with Crippen molar-refractivity contribution in [2.45, 2.75) is 0 Å². The summed E-state index contributed by atoms with van der Waals surface area (Å²) >= 11 is 3.43. The molecule has 1 heterocycles. The average Bonchev–Trinajstić information content (AvgIpc) is 2.59. The minimum absolute atomic E-state index is 0.861. The summed E-state index contributed by atoms with van der Waals surface area (Å²) in [6, 6.07) is 5.79. The number of H-pyrrole nitrogens is 1. The van der Waals surface area contributed by atoms with E-state index in [0.717, 1.165) is 27.0 Å². The van der Waals surface area contributed by atoms with Crippen LogP contribution in [0.4, 0.5) is 0 Å². The minimum Gasteiger partial charge on any atom is -0.478 e. The smallest absolute Gasteiger partial charge is 0.328 e. The van der Waals surface area contributed by atoms with Gasteiger partial charge in [0.2, 0.25) is 0 Å². The molecule has 0 saturated heterocycles. The van der Waals surface area contributed by atoms with Gasteiger partial charge in [-0.05, 0) is 18.2 Å². The quantitative estimate of drug-likeness (QED) is 0.821. The van der Waals surface area contributed by atoms with E-state index in [4.69, 9.17) is 5.11 Å². The lowest BCUT2D eigenvalue weighted by Gasteiger charge is -1.94. The van der Waals surface area contributed by atoms with E-state index in [2.05, 4.69) is 20.9 Å². The third-order valence-electron chi connectivity index (χ3n) is 2.09. The van der Waals surface area contributed by atoms with Crippen molar-refractivity contribution >= 4 is 38.9 Å². The monoisotopic (exact) mass is 265 g/mol. The van der Waals surface area contributed by atoms with Crippen LogP contribution in [0, 0.1) is 0 Å². The lowest BCUT2D eigenvalue weighted by Crippen LogP contribution is -1.85. The van der Waals surface area contributed by atoms with Gasteiger partial charge in [-0.3, -0.25) is 0 Å². The topological polar surface area (TPSA) is 53.1 Å². The van der Waals surface area contributed by atoms with Crippen LogP contribution in [0.15, 0.2) is 34.9 Å². The molecule has 0 saturated carbocycles. The maximum absolute atomic E-state index is 10.4. The molecule has 0 aliphatic carbocycles. The number of carboxylic acid groups (broad SMARTS) is 1. The molecule has 0 radical (unpaired) electrons. The number of halogens is 1. The summed E-state index contributed by atoms with van der Waals surface area (Å²) in [7, 11) is 0. The Labute approximate surface area is 94.6 Å². The van der Waals surface area contributed by atoms with Gasteiger partial charge in [0.25, 0.3) is 0 Å². The number of aromatic nitrogens is 1. The molecule has 1 aromatic carbocycles. The lowest BCUT2D eigenvalue weighted by molar-refractivity contribution is -0.131. The van der Waals surface area contributed by atoms with Gasteiger partial charge in [-0.1, -0.05) is 22.0 Å². The van der Waals surface area contributed by atoms with Gasteiger partial charge in [0.1, 0.15) is 0 Å². The Bertz CT molecular complexity index is 543. The summed E-state index contributed by atoms with van der Waals surface area (Å²) in [6.07, 6.45) is 4.49. The van der Waals surface area contributed by atoms with Crippen LogP contribution in [0.25, 0.3) is 17.0 Å². The maximum Gasteiger partial charge on any atom is 0.328 e. The highest BCUT2D eigenvalue weighted by atomic mass is 79.9. The van der Waals surface area contributed by atoms with Gasteiger partial charge in [-0.25, -0.2) is 4.79 Å². The van der Waals surface area contributed by atoms with E-state index >= 15 is 0 Å². The van der Waals surface area contributed by atoms with E-state index in [1.807, 2.05) is 18.2 Å². The number of carboxylic acids is 1. The second-order valence-corrected chi connectivity index (χ2v) is 3.93. The van der Waals surface area contributed by atoms with Crippen LogP contribution < -0.4 is 0 Å². The van der Waals surface area contributed by atoms with E-state index in [1.54, 1.807) is 12.3 Å². The molecule has 0 fully saturated rings. The third-order valence-corrected chi connectivity index (χ3v) is 2.75. The van der Waals surface area contributed by atoms with E-state index in [1.165, 1.54) is 0 Å². The van der Waals surface area contributed by atoms with Crippen molar-refractivity contribution in [1.82, 2.24) is 4.98 Å². The number of hydrogen-bond donors (Lipinski definition) is 2. The Hall–Kier alpha value is -1.55. The Balaban J connectivity index is 2.57. The number of benzene rings is 1. The first-order valence-electron chi connectivity index (χ1n) is 4.35. The molecule has 0 amide bonds. The molecule has 0 aliphatic heterocycles. The van der Waals surface area contributed by atoms with Crippen LogP contribution in [0.5, 0.6) is 0 Å². The number of aliphatic carboxylic acids is 1. The van der Waals surface area contributed by atoms with Crippen LogP contribution in [0.3, 0.4) is 0 Å². The van der Waals surface area contributed by atoms with Gasteiger partial charge in [0, 0.05) is 33.2 Å². The number of carbonyl (C=O) groups is 1. The van der Waals surface area contributed by atoms with Crippen LogP contribution in [0.1, 0.15) is 5.56 Å². The molecule has 76 valence electrons. The van der Waals surface area contributed by atoms with Crippen LogP contribution in [0.2, 0.25) is 0 Å². The molecular formula is C11H8BrNO2. The van der Waals surface area contributed by atoms with Crippen LogP contribution >= 0.6 is 15.9 Å². The number of nitrogens with one attached hydrogen (secondary N) is 1. The third kappa shape index (κ3) is 1.94. The lowest BCUT2D eigenvalue weighted by atomic mass is 10.1. The summed E-state index contributed by atoms with van der Waals surface area (Å²) in [4.78, 5) is 13.5. The Kier molecular flexibility index (Phi) is 2.60. The molecule has 4 heteroatoms. The van der Waals surface area contributed by atoms with Crippen molar-refractivity contribution in [2.75, 3.05) is 0 Å². The first-order valence-corrected chi connectivity index (χ1v) is 5.14. The summed E-state index contributed by atoms with van der Waals surface area (Å²) < 4.78 is 0.950. The molecule has 1 aromatic heterocycles. The number of hydrogen-bond acceptors (Lipinski definition) is 1. The fourth-order valence-corrected chi connectivity index (χ4v) is 2.05. The predicted molar refractivity (Wildman–Crippen MR) is 62.7 cm³/mol. The standard InChI is InChI=1S/C11H8BrNO2/c12-8-2-1-3-9-11(8)7(6-13-9)4-5-10(14)15/h1-6,13H,(H,14,15). The fraction of sp³-hybridized carbons (Fsp3) is 0. The molecule has 2 rings (SSSR count). The van der Waals surface area contributed by atoms with E-state index < -0.39 is 5.97 Å². The second-order valence-electron chi connectivity index (χ2n) is 3.08. The Morgan fingerprint density at radius 2 is 2.27 bits per heavy atom. The van der Waals surface area contributed by atoms with Crippen molar-refractivity contribution in [1.29, 1.82) is 0 Å². The van der Waals surface area contributed by atoms with Crippen LogP contribution in [-0.4, -0.2) is 16.1 Å².